The first-order valence-corrected chi connectivity index (χ1v) is 7.27. The normalized spacial score (nSPS) is 21.6. The quantitative estimate of drug-likeness (QED) is 0.913. The number of benzene rings is 2. The molecule has 98 valence electrons. The molecule has 1 aliphatic heterocycles. The Morgan fingerprint density at radius 2 is 1.95 bits per heavy atom. The molecule has 2 nitrogen and oxygen atoms in total. The molecule has 1 heterocycles. The van der Waals surface area contributed by atoms with Gasteiger partial charge in [0, 0.05) is 28.9 Å². The van der Waals surface area contributed by atoms with Crippen molar-refractivity contribution in [3.8, 4) is 5.75 Å². The Hall–Kier alpha value is -1.32. The van der Waals surface area contributed by atoms with Crippen molar-refractivity contribution in [1.82, 2.24) is 0 Å². The van der Waals surface area contributed by atoms with Crippen LogP contribution < -0.4 is 10.5 Å². The third-order valence-electron chi connectivity index (χ3n) is 3.49. The van der Waals surface area contributed by atoms with Crippen LogP contribution in [0.1, 0.15) is 23.6 Å². The van der Waals surface area contributed by atoms with Crippen molar-refractivity contribution >= 4 is 15.9 Å². The maximum absolute atomic E-state index is 6.25. The summed E-state index contributed by atoms with van der Waals surface area (Å²) >= 11 is 3.48. The molecule has 2 aromatic carbocycles. The van der Waals surface area contributed by atoms with Crippen LogP contribution in [-0.4, -0.2) is 6.10 Å². The lowest BCUT2D eigenvalue weighted by Crippen LogP contribution is -2.31. The van der Waals surface area contributed by atoms with Crippen molar-refractivity contribution < 1.29 is 4.74 Å². The summed E-state index contributed by atoms with van der Waals surface area (Å²) < 4.78 is 7.10. The number of halogens is 1. The second-order valence-electron chi connectivity index (χ2n) is 4.95. The van der Waals surface area contributed by atoms with Gasteiger partial charge in [0.05, 0.1) is 0 Å². The van der Waals surface area contributed by atoms with E-state index in [1.54, 1.807) is 0 Å². The standard InChI is InChI=1S/C16H16BrNO/c17-12-6-7-14-15(18)10-13(19-16(14)9-12)8-11-4-2-1-3-5-11/h1-7,9,13,15H,8,10,18H2/t13?,15-/m0/s1. The average molecular weight is 318 g/mol. The zero-order valence-corrected chi connectivity index (χ0v) is 12.1. The van der Waals surface area contributed by atoms with Crippen molar-refractivity contribution in [2.24, 2.45) is 5.73 Å². The van der Waals surface area contributed by atoms with E-state index in [-0.39, 0.29) is 12.1 Å². The maximum atomic E-state index is 6.25. The van der Waals surface area contributed by atoms with Crippen LogP contribution in [-0.2, 0) is 6.42 Å². The van der Waals surface area contributed by atoms with Gasteiger partial charge in [-0.25, -0.2) is 0 Å². The number of fused-ring (bicyclic) bond motifs is 1. The number of hydrogen-bond donors (Lipinski definition) is 1. The largest absolute Gasteiger partial charge is 0.490 e. The van der Waals surface area contributed by atoms with Crippen molar-refractivity contribution in [3.63, 3.8) is 0 Å². The highest BCUT2D eigenvalue weighted by molar-refractivity contribution is 9.10. The van der Waals surface area contributed by atoms with Gasteiger partial charge in [-0.05, 0) is 17.7 Å². The fourth-order valence-electron chi connectivity index (χ4n) is 2.56. The lowest BCUT2D eigenvalue weighted by Gasteiger charge is -2.30. The second kappa shape index (κ2) is 5.35. The van der Waals surface area contributed by atoms with E-state index in [2.05, 4.69) is 40.2 Å². The van der Waals surface area contributed by atoms with E-state index in [4.69, 9.17) is 10.5 Å². The molecule has 0 saturated carbocycles. The van der Waals surface area contributed by atoms with Crippen molar-refractivity contribution in [2.45, 2.75) is 25.0 Å². The van der Waals surface area contributed by atoms with Gasteiger partial charge < -0.3 is 10.5 Å². The van der Waals surface area contributed by atoms with Gasteiger partial charge in [0.15, 0.2) is 0 Å². The third kappa shape index (κ3) is 2.82. The van der Waals surface area contributed by atoms with Crippen LogP contribution in [0.15, 0.2) is 53.0 Å². The highest BCUT2D eigenvalue weighted by atomic mass is 79.9. The van der Waals surface area contributed by atoms with Crippen LogP contribution in [0.3, 0.4) is 0 Å². The summed E-state index contributed by atoms with van der Waals surface area (Å²) in [6, 6.07) is 16.5. The van der Waals surface area contributed by atoms with Gasteiger partial charge in [-0.15, -0.1) is 0 Å². The van der Waals surface area contributed by atoms with Crippen LogP contribution >= 0.6 is 15.9 Å². The van der Waals surface area contributed by atoms with E-state index in [9.17, 15) is 0 Å². The molecular weight excluding hydrogens is 302 g/mol. The van der Waals surface area contributed by atoms with Gasteiger partial charge in [-0.1, -0.05) is 52.3 Å². The first-order chi connectivity index (χ1) is 9.22. The Morgan fingerprint density at radius 1 is 1.16 bits per heavy atom. The van der Waals surface area contributed by atoms with Crippen LogP contribution in [0, 0.1) is 0 Å². The summed E-state index contributed by atoms with van der Waals surface area (Å²) in [7, 11) is 0. The summed E-state index contributed by atoms with van der Waals surface area (Å²) in [5.74, 6) is 0.911. The van der Waals surface area contributed by atoms with E-state index in [0.717, 1.165) is 28.6 Å². The van der Waals surface area contributed by atoms with Gasteiger partial charge in [0.1, 0.15) is 11.9 Å². The zero-order valence-electron chi connectivity index (χ0n) is 10.6. The van der Waals surface area contributed by atoms with E-state index in [1.807, 2.05) is 24.3 Å². The highest BCUT2D eigenvalue weighted by Gasteiger charge is 2.26. The number of nitrogens with two attached hydrogens (primary N) is 1. The van der Waals surface area contributed by atoms with Crippen molar-refractivity contribution in [3.05, 3.63) is 64.1 Å². The Morgan fingerprint density at radius 3 is 2.74 bits per heavy atom. The van der Waals surface area contributed by atoms with Crippen molar-refractivity contribution in [1.29, 1.82) is 0 Å². The minimum absolute atomic E-state index is 0.0607. The van der Waals surface area contributed by atoms with E-state index in [0.29, 0.717) is 0 Å². The molecule has 2 aromatic rings. The highest BCUT2D eigenvalue weighted by Crippen LogP contribution is 2.36. The smallest absolute Gasteiger partial charge is 0.125 e. The van der Waals surface area contributed by atoms with E-state index < -0.39 is 0 Å². The molecular formula is C16H16BrNO. The third-order valence-corrected chi connectivity index (χ3v) is 3.98. The molecule has 0 saturated heterocycles. The molecule has 0 radical (unpaired) electrons. The number of hydrogen-bond acceptors (Lipinski definition) is 2. The molecule has 19 heavy (non-hydrogen) atoms. The number of rotatable bonds is 2. The first-order valence-electron chi connectivity index (χ1n) is 6.48. The lowest BCUT2D eigenvalue weighted by atomic mass is 9.94. The summed E-state index contributed by atoms with van der Waals surface area (Å²) in [5.41, 5.74) is 8.64. The molecule has 2 atom stereocenters. The molecule has 1 aliphatic rings. The van der Waals surface area contributed by atoms with Gasteiger partial charge in [-0.2, -0.15) is 0 Å². The molecule has 1 unspecified atom stereocenters. The predicted molar refractivity (Wildman–Crippen MR) is 80.2 cm³/mol. The number of ether oxygens (including phenoxy) is 1. The SMILES string of the molecule is N[C@H]1CC(Cc2ccccc2)Oc2cc(Br)ccc21. The minimum atomic E-state index is 0.0607. The fourth-order valence-corrected chi connectivity index (χ4v) is 2.90. The summed E-state index contributed by atoms with van der Waals surface area (Å²) in [5, 5.41) is 0. The molecule has 0 spiro atoms. The Kier molecular flexibility index (Phi) is 3.58. The van der Waals surface area contributed by atoms with Crippen LogP contribution in [0.2, 0.25) is 0 Å². The van der Waals surface area contributed by atoms with Gasteiger partial charge in [0.25, 0.3) is 0 Å². The van der Waals surface area contributed by atoms with Gasteiger partial charge in [0.2, 0.25) is 0 Å². The Balaban J connectivity index is 1.81. The Labute approximate surface area is 121 Å². The molecule has 0 amide bonds. The predicted octanol–water partition coefficient (Wildman–Crippen LogP) is 3.84. The molecule has 2 N–H and O–H groups in total. The summed E-state index contributed by atoms with van der Waals surface area (Å²) in [6.45, 7) is 0. The van der Waals surface area contributed by atoms with Crippen LogP contribution in [0.25, 0.3) is 0 Å². The average Bonchev–Trinajstić information content (AvgIpc) is 2.39. The van der Waals surface area contributed by atoms with Crippen LogP contribution in [0.4, 0.5) is 0 Å². The Bertz CT molecular complexity index is 570. The minimum Gasteiger partial charge on any atom is -0.490 e. The molecule has 3 heteroatoms. The van der Waals surface area contributed by atoms with E-state index in [1.165, 1.54) is 5.56 Å². The molecule has 0 aromatic heterocycles. The second-order valence-corrected chi connectivity index (χ2v) is 5.87. The molecule has 0 bridgehead atoms. The maximum Gasteiger partial charge on any atom is 0.125 e. The molecule has 0 fully saturated rings. The van der Waals surface area contributed by atoms with Crippen LogP contribution in [0.5, 0.6) is 5.75 Å². The summed E-state index contributed by atoms with van der Waals surface area (Å²) in [6.07, 6.45) is 1.92. The summed E-state index contributed by atoms with van der Waals surface area (Å²) in [4.78, 5) is 0. The lowest BCUT2D eigenvalue weighted by molar-refractivity contribution is 0.159. The molecule has 3 rings (SSSR count). The fraction of sp³-hybridized carbons (Fsp3) is 0.250. The van der Waals surface area contributed by atoms with Gasteiger partial charge >= 0.3 is 0 Å². The van der Waals surface area contributed by atoms with Gasteiger partial charge in [-0.3, -0.25) is 0 Å². The zero-order chi connectivity index (χ0) is 13.2. The molecule has 0 aliphatic carbocycles. The van der Waals surface area contributed by atoms with E-state index >= 15 is 0 Å². The van der Waals surface area contributed by atoms with Crippen molar-refractivity contribution in [2.75, 3.05) is 0 Å². The monoisotopic (exact) mass is 317 g/mol. The topological polar surface area (TPSA) is 35.2 Å². The first kappa shape index (κ1) is 12.7.